The Morgan fingerprint density at radius 3 is 1.23 bits per heavy atom. The predicted octanol–water partition coefficient (Wildman–Crippen LogP) is 9.57. The molecule has 9 heterocycles. The van der Waals surface area contributed by atoms with Crippen LogP contribution in [0.4, 0.5) is 13.2 Å². The van der Waals surface area contributed by atoms with Gasteiger partial charge in [-0.3, -0.25) is 63.5 Å². The lowest BCUT2D eigenvalue weighted by Crippen LogP contribution is -2.54. The largest absolute Gasteiger partial charge is 0.469 e. The number of rotatable bonds is 27. The van der Waals surface area contributed by atoms with Gasteiger partial charge in [-0.05, 0) is 225 Å². The molecular weight excluding hydrogens is 2130 g/mol. The molecule has 0 spiro atoms. The minimum atomic E-state index is -4.89. The highest BCUT2D eigenvalue weighted by atomic mass is 32.2. The molecule has 0 aromatic heterocycles. The van der Waals surface area contributed by atoms with Crippen molar-refractivity contribution >= 4 is 125 Å². The zero-order valence-corrected chi connectivity index (χ0v) is 94.1. The van der Waals surface area contributed by atoms with Crippen LogP contribution in [0.3, 0.4) is 0 Å². The number of alkyl halides is 3. The third-order valence-electron chi connectivity index (χ3n) is 37.4. The first-order valence-corrected chi connectivity index (χ1v) is 62.2. The standard InChI is InChI=1S/2C15H22O7S.C15H24O6S.C14H19F3O5S.C14H19NO5S.C13H20O5S.C12H18O6S/c1-5-15(2,3)14(17)21-10-7-6-8-11(10)22-23(18,19)12(8)9(7)13(16)20-4;1-4-15(2,3)14(17)20-7-11(16)21-12-8-5-9-10(6-8)23(18,19)22-13(9)12;1-4-14(2,3)13(16)19-5-6-20-15-9-10-7-11(15)12(8-10)22(17,18)21-15;1-4-12(2,3)11(18)21-9-7-5-8-10(9)22-23(19,20)13(8,6-7)14(15,16)17;1-4-13(2,3)12(16)19-10-8-5-9-11(10)20-21(17,18)14(9,6-8)7-15;1-4-13(2,3)12(14)17-10-7-5-8-9(6-7)19(15,16)18-11(8)10;1-4-12(2,3)11(13)17-8-6-5-7-9(16-6)10(8)18-19(7,14)15/h7-12H,5-6H2,1-4H3;8-10,12-13H,4-7H2,1-3H3;10-12H,4-9H2,1-3H3;7-10H,4-6H2,1-3H3;8-11H,4-6H2,1-3H3;7-11H,4-6H2,1-3H3;6-10H,4-5H2,1-3H3. The van der Waals surface area contributed by atoms with Crippen LogP contribution in [0, 0.1) is 126 Å². The molecule has 0 N–H and O–H groups in total. The molecule has 21 rings (SSSR count). The summed E-state index contributed by atoms with van der Waals surface area (Å²) in [7, 11) is -25.3. The molecule has 150 heavy (non-hydrogen) atoms. The molecule has 0 aromatic rings. The smallest absolute Gasteiger partial charge is 0.410 e. The van der Waals surface area contributed by atoms with Gasteiger partial charge in [-0.15, -0.1) is 0 Å². The molecule has 14 bridgehead atoms. The Kier molecular flexibility index (Phi) is 31.7. The van der Waals surface area contributed by atoms with Gasteiger partial charge in [0.1, 0.15) is 90.4 Å². The van der Waals surface area contributed by atoms with Crippen LogP contribution < -0.4 is 0 Å². The van der Waals surface area contributed by atoms with E-state index in [4.69, 9.17) is 81.4 Å². The van der Waals surface area contributed by atoms with Crippen LogP contribution >= 0.6 is 0 Å². The molecule has 52 heteroatoms. The minimum Gasteiger partial charge on any atom is -0.469 e. The summed E-state index contributed by atoms with van der Waals surface area (Å²) < 4.78 is 299. The number of halogens is 3. The van der Waals surface area contributed by atoms with Crippen LogP contribution in [-0.2, 0) is 195 Å². The van der Waals surface area contributed by atoms with Crippen LogP contribution in [-0.4, -0.2) is 273 Å². The van der Waals surface area contributed by atoms with Gasteiger partial charge in [0.05, 0.1) is 85.5 Å². The molecule has 850 valence electrons. The molecule has 9 saturated heterocycles. The van der Waals surface area contributed by atoms with E-state index in [-0.39, 0.29) is 121 Å². The van der Waals surface area contributed by atoms with Gasteiger partial charge < -0.3 is 52.1 Å². The van der Waals surface area contributed by atoms with E-state index in [9.17, 15) is 121 Å². The molecule has 35 atom stereocenters. The Bertz CT molecular complexity index is 6110. The van der Waals surface area contributed by atoms with E-state index < -0.39 is 285 Å². The normalized spacial score (nSPS) is 40.6. The summed E-state index contributed by atoms with van der Waals surface area (Å²) in [5, 5.41) is 6.64. The molecule has 12 saturated carbocycles. The number of nitrogens with zero attached hydrogens (tertiary/aromatic N) is 1. The van der Waals surface area contributed by atoms with Gasteiger partial charge in [-0.2, -0.15) is 77.4 Å². The predicted molar refractivity (Wildman–Crippen MR) is 513 cm³/mol. The summed E-state index contributed by atoms with van der Waals surface area (Å²) in [4.78, 5) is 109. The summed E-state index contributed by atoms with van der Waals surface area (Å²) in [5.74, 6) is -8.21. The topological polar surface area (TPSA) is 583 Å². The van der Waals surface area contributed by atoms with Crippen molar-refractivity contribution in [2.75, 3.05) is 26.9 Å². The van der Waals surface area contributed by atoms with E-state index >= 15 is 0 Å². The Balaban J connectivity index is 0.000000131. The van der Waals surface area contributed by atoms with Gasteiger partial charge in [0.25, 0.3) is 70.8 Å². The van der Waals surface area contributed by atoms with Gasteiger partial charge in [-0.1, -0.05) is 48.5 Å². The number of carbonyl (C=O) groups excluding carboxylic acids is 9. The first kappa shape index (κ1) is 118. The Hall–Kier alpha value is -6.20. The molecule has 35 unspecified atom stereocenters. The third-order valence-corrected chi connectivity index (χ3v) is 50.2. The van der Waals surface area contributed by atoms with E-state index in [1.165, 1.54) is 7.11 Å². The Morgan fingerprint density at radius 1 is 0.360 bits per heavy atom. The third kappa shape index (κ3) is 20.2. The van der Waals surface area contributed by atoms with Crippen molar-refractivity contribution in [1.82, 2.24) is 0 Å². The van der Waals surface area contributed by atoms with Crippen molar-refractivity contribution in [2.45, 2.75) is 407 Å². The fraction of sp³-hybridized carbons (Fsp3) is 0.898. The molecule has 12 aliphatic carbocycles. The monoisotopic (exact) mass is 2270 g/mol. The van der Waals surface area contributed by atoms with E-state index in [0.29, 0.717) is 102 Å². The second kappa shape index (κ2) is 40.3. The van der Waals surface area contributed by atoms with Crippen molar-refractivity contribution in [2.24, 2.45) is 115 Å². The Labute approximate surface area is 875 Å². The molecular formula is C98H144F3NO41S7. The minimum absolute atomic E-state index is 0.0130. The summed E-state index contributed by atoms with van der Waals surface area (Å²) in [6.07, 6.45) is -3.50. The fourth-order valence-electron chi connectivity index (χ4n) is 25.5. The van der Waals surface area contributed by atoms with Crippen molar-refractivity contribution in [3.8, 4) is 6.07 Å². The molecule has 0 radical (unpaired) electrons. The first-order chi connectivity index (χ1) is 69.1. The fourth-order valence-corrected chi connectivity index (χ4v) is 38.8. The van der Waals surface area contributed by atoms with Crippen LogP contribution in [0.15, 0.2) is 0 Å². The lowest BCUT2D eigenvalue weighted by Gasteiger charge is -2.34. The summed E-state index contributed by atoms with van der Waals surface area (Å²) in [6, 6.07) is 1.95. The summed E-state index contributed by atoms with van der Waals surface area (Å²) in [5.41, 5.74) is -4.32. The average Bonchev–Trinajstić information content (AvgIpc) is 1.49. The van der Waals surface area contributed by atoms with Crippen LogP contribution in [0.5, 0.6) is 0 Å². The maximum Gasteiger partial charge on any atom is 0.410 e. The number of hydrogen-bond acceptors (Lipinski definition) is 42. The zero-order chi connectivity index (χ0) is 111. The van der Waals surface area contributed by atoms with Crippen molar-refractivity contribution in [3.05, 3.63) is 0 Å². The second-order valence-electron chi connectivity index (χ2n) is 48.7. The van der Waals surface area contributed by atoms with Gasteiger partial charge in [0, 0.05) is 71.5 Å². The second-order valence-corrected chi connectivity index (χ2v) is 61.2. The van der Waals surface area contributed by atoms with E-state index in [0.717, 1.165) is 12.8 Å². The Morgan fingerprint density at radius 2 is 0.767 bits per heavy atom. The van der Waals surface area contributed by atoms with Crippen molar-refractivity contribution < 1.29 is 197 Å². The maximum absolute atomic E-state index is 13.5. The molecule has 0 aromatic carbocycles. The highest BCUT2D eigenvalue weighted by molar-refractivity contribution is 7.89. The molecule has 21 fully saturated rings. The summed E-state index contributed by atoms with van der Waals surface area (Å²) >= 11 is 0. The quantitative estimate of drug-likeness (QED) is 0.0319. The molecule has 9 aliphatic heterocycles. The number of methoxy groups -OCH3 is 1. The van der Waals surface area contributed by atoms with Gasteiger partial charge in [0.2, 0.25) is 0 Å². The number of hydrogen-bond donors (Lipinski definition) is 0. The molecule has 42 nitrogen and oxygen atoms in total. The van der Waals surface area contributed by atoms with Crippen molar-refractivity contribution in [3.63, 3.8) is 0 Å². The van der Waals surface area contributed by atoms with Crippen LogP contribution in [0.1, 0.15) is 274 Å². The highest BCUT2D eigenvalue weighted by Crippen LogP contribution is 2.69. The lowest BCUT2D eigenvalue weighted by molar-refractivity contribution is -0.202. The average molecular weight is 2270 g/mol. The van der Waals surface area contributed by atoms with Crippen LogP contribution in [0.25, 0.3) is 0 Å². The van der Waals surface area contributed by atoms with Crippen LogP contribution in [0.2, 0.25) is 0 Å². The number of nitriles is 1. The number of esters is 9. The number of fused-ring (bicyclic) bond motifs is 7. The van der Waals surface area contributed by atoms with E-state index in [2.05, 4.69) is 0 Å². The SMILES string of the molecule is CCC(C)(C)C(=O)OC1C2CC3C(O2)C1OS3(=O)=O.CCC(C)(C)C(=O)OC1C2CC3C1OS(=O)(=O)C3(C#N)C2.CCC(C)(C)C(=O)OC1C2CC3C1OS(=O)(=O)C3(C(F)(F)F)C2.CCC(C)(C)C(=O)OC1C2CC3C1OS(=O)(=O)C3C2.CCC(C)(C)C(=O)OC1C2CC3C1OS(=O)(=O)C3C2C(=O)OC.CCC(C)(C)C(=O)OCC(=O)OC1C2CC3C1OS(=O)(=O)C3C2.CCC(C)(C)C(=O)OCCOC12CC3CC1C(C3)S(=O)(=O)O2. The number of ether oxygens (including phenoxy) is 11. The number of carbonyl (C=O) groups is 9. The van der Waals surface area contributed by atoms with Gasteiger partial charge in [-0.25, -0.2) is 8.98 Å². The highest BCUT2D eigenvalue weighted by Gasteiger charge is 2.84. The summed E-state index contributed by atoms with van der Waals surface area (Å²) in [6.45, 7) is 38.0. The first-order valence-electron chi connectivity index (χ1n) is 52.0. The van der Waals surface area contributed by atoms with Gasteiger partial charge >= 0.3 is 59.9 Å². The lowest BCUT2D eigenvalue weighted by atomic mass is 9.83. The van der Waals surface area contributed by atoms with Crippen molar-refractivity contribution in [1.29, 1.82) is 5.26 Å². The van der Waals surface area contributed by atoms with E-state index in [1.54, 1.807) is 76.2 Å². The maximum atomic E-state index is 13.5. The van der Waals surface area contributed by atoms with E-state index in [1.807, 2.05) is 75.3 Å². The van der Waals surface area contributed by atoms with Gasteiger partial charge in [0.15, 0.2) is 28.0 Å². The molecule has 0 amide bonds. The molecule has 21 aliphatic rings. The zero-order valence-electron chi connectivity index (χ0n) is 88.4.